The predicted octanol–water partition coefficient (Wildman–Crippen LogP) is 2.89. The average molecular weight is 221 g/mol. The van der Waals surface area contributed by atoms with Gasteiger partial charge in [-0.05, 0) is 12.1 Å². The Labute approximate surface area is 86.3 Å². The molecule has 14 heavy (non-hydrogen) atoms. The molecule has 1 nitrogen and oxygen atoms in total. The van der Waals surface area contributed by atoms with E-state index >= 15 is 0 Å². The van der Waals surface area contributed by atoms with Crippen LogP contribution < -0.4 is 0 Å². The first-order chi connectivity index (χ1) is 6.40. The first kappa shape index (κ1) is 11.4. The second-order valence-corrected chi connectivity index (χ2v) is 4.17. The van der Waals surface area contributed by atoms with Crippen LogP contribution in [0.1, 0.15) is 19.4 Å². The van der Waals surface area contributed by atoms with Gasteiger partial charge in [-0.25, -0.2) is 8.78 Å². The van der Waals surface area contributed by atoms with Crippen LogP contribution in [-0.2, 0) is 5.41 Å². The summed E-state index contributed by atoms with van der Waals surface area (Å²) in [6.45, 7) is 2.75. The summed E-state index contributed by atoms with van der Waals surface area (Å²) >= 11 is 5.53. The molecule has 0 aliphatic rings. The number of halogens is 3. The van der Waals surface area contributed by atoms with Crippen molar-refractivity contribution in [2.75, 3.05) is 6.61 Å². The van der Waals surface area contributed by atoms with E-state index in [-0.39, 0.29) is 17.2 Å². The van der Waals surface area contributed by atoms with Crippen molar-refractivity contribution in [2.45, 2.75) is 19.3 Å². The third-order valence-corrected chi connectivity index (χ3v) is 2.41. The van der Waals surface area contributed by atoms with Gasteiger partial charge in [0.2, 0.25) is 0 Å². The van der Waals surface area contributed by atoms with Crippen LogP contribution >= 0.6 is 11.6 Å². The Balaban J connectivity index is 3.40. The van der Waals surface area contributed by atoms with E-state index in [0.717, 1.165) is 12.1 Å². The Morgan fingerprint density at radius 2 is 1.93 bits per heavy atom. The highest BCUT2D eigenvalue weighted by Crippen LogP contribution is 2.31. The lowest BCUT2D eigenvalue weighted by molar-refractivity contribution is 0.211. The van der Waals surface area contributed by atoms with E-state index in [0.29, 0.717) is 0 Å². The Kier molecular flexibility index (Phi) is 3.12. The Hall–Kier alpha value is -0.670. The molecular weight excluding hydrogens is 210 g/mol. The van der Waals surface area contributed by atoms with E-state index < -0.39 is 17.0 Å². The summed E-state index contributed by atoms with van der Waals surface area (Å²) < 4.78 is 26.8. The van der Waals surface area contributed by atoms with Crippen molar-refractivity contribution in [2.24, 2.45) is 0 Å². The molecular formula is C10H11ClF2O. The maximum absolute atomic E-state index is 13.5. The molecule has 0 radical (unpaired) electrons. The highest BCUT2D eigenvalue weighted by molar-refractivity contribution is 6.30. The number of benzene rings is 1. The van der Waals surface area contributed by atoms with E-state index in [1.165, 1.54) is 0 Å². The zero-order valence-electron chi connectivity index (χ0n) is 7.94. The molecule has 0 saturated heterocycles. The molecule has 0 aromatic heterocycles. The highest BCUT2D eigenvalue weighted by atomic mass is 35.5. The normalized spacial score (nSPS) is 11.9. The van der Waals surface area contributed by atoms with Crippen LogP contribution in [0.5, 0.6) is 0 Å². The van der Waals surface area contributed by atoms with Gasteiger partial charge in [0.25, 0.3) is 0 Å². The van der Waals surface area contributed by atoms with Gasteiger partial charge in [0.05, 0.1) is 11.6 Å². The third-order valence-electron chi connectivity index (χ3n) is 2.12. The fourth-order valence-electron chi connectivity index (χ4n) is 1.23. The Morgan fingerprint density at radius 3 is 2.43 bits per heavy atom. The molecule has 1 aromatic carbocycles. The number of hydrogen-bond acceptors (Lipinski definition) is 1. The van der Waals surface area contributed by atoms with Gasteiger partial charge in [-0.15, -0.1) is 0 Å². The van der Waals surface area contributed by atoms with E-state index in [1.807, 2.05) is 0 Å². The average Bonchev–Trinajstić information content (AvgIpc) is 2.12. The van der Waals surface area contributed by atoms with Crippen LogP contribution in [-0.4, -0.2) is 11.7 Å². The van der Waals surface area contributed by atoms with Crippen molar-refractivity contribution in [3.8, 4) is 0 Å². The summed E-state index contributed by atoms with van der Waals surface area (Å²) in [5.74, 6) is -1.49. The quantitative estimate of drug-likeness (QED) is 0.760. The maximum atomic E-state index is 13.5. The van der Waals surface area contributed by atoms with E-state index in [2.05, 4.69) is 0 Å². The van der Waals surface area contributed by atoms with Crippen LogP contribution in [0.25, 0.3) is 0 Å². The summed E-state index contributed by atoms with van der Waals surface area (Å²) in [7, 11) is 0. The van der Waals surface area contributed by atoms with Gasteiger partial charge in [0.1, 0.15) is 11.6 Å². The SMILES string of the molecule is CC(C)(CO)c1c(F)ccc(Cl)c1F. The minimum Gasteiger partial charge on any atom is -0.395 e. The number of rotatable bonds is 2. The number of aliphatic hydroxyl groups excluding tert-OH is 1. The molecule has 0 fully saturated rings. The molecule has 0 saturated carbocycles. The number of aliphatic hydroxyl groups is 1. The summed E-state index contributed by atoms with van der Waals surface area (Å²) in [5.41, 5.74) is -1.15. The van der Waals surface area contributed by atoms with Crippen molar-refractivity contribution >= 4 is 11.6 Å². The fraction of sp³-hybridized carbons (Fsp3) is 0.400. The Morgan fingerprint density at radius 1 is 1.36 bits per heavy atom. The van der Waals surface area contributed by atoms with Crippen LogP contribution in [0.4, 0.5) is 8.78 Å². The monoisotopic (exact) mass is 220 g/mol. The van der Waals surface area contributed by atoms with Crippen LogP contribution in [0.2, 0.25) is 5.02 Å². The third kappa shape index (κ3) is 1.88. The van der Waals surface area contributed by atoms with Gasteiger partial charge in [0.15, 0.2) is 0 Å². The molecule has 78 valence electrons. The van der Waals surface area contributed by atoms with Gasteiger partial charge in [-0.3, -0.25) is 0 Å². The molecule has 0 aliphatic carbocycles. The standard InChI is InChI=1S/C10H11ClF2O/c1-10(2,5-14)8-7(12)4-3-6(11)9(8)13/h3-4,14H,5H2,1-2H3. The molecule has 0 spiro atoms. The van der Waals surface area contributed by atoms with Crippen LogP contribution in [0.15, 0.2) is 12.1 Å². The molecule has 0 bridgehead atoms. The lowest BCUT2D eigenvalue weighted by Crippen LogP contribution is -2.25. The summed E-state index contributed by atoms with van der Waals surface area (Å²) in [6, 6.07) is 2.25. The molecule has 0 heterocycles. The van der Waals surface area contributed by atoms with Gasteiger partial charge in [0, 0.05) is 11.0 Å². The molecule has 0 aliphatic heterocycles. The minimum absolute atomic E-state index is 0.136. The Bertz CT molecular complexity index is 350. The van der Waals surface area contributed by atoms with E-state index in [4.69, 9.17) is 16.7 Å². The van der Waals surface area contributed by atoms with Gasteiger partial charge >= 0.3 is 0 Å². The summed E-state index contributed by atoms with van der Waals surface area (Å²) in [4.78, 5) is 0. The zero-order chi connectivity index (χ0) is 10.9. The van der Waals surface area contributed by atoms with Crippen molar-refractivity contribution in [3.05, 3.63) is 34.4 Å². The molecule has 1 aromatic rings. The lowest BCUT2D eigenvalue weighted by Gasteiger charge is -2.23. The van der Waals surface area contributed by atoms with Crippen molar-refractivity contribution in [3.63, 3.8) is 0 Å². The van der Waals surface area contributed by atoms with Gasteiger partial charge in [-0.2, -0.15) is 0 Å². The molecule has 1 rings (SSSR count). The van der Waals surface area contributed by atoms with Crippen molar-refractivity contribution in [1.29, 1.82) is 0 Å². The molecule has 1 N–H and O–H groups in total. The molecule has 0 atom stereocenters. The lowest BCUT2D eigenvalue weighted by atomic mass is 9.85. The predicted molar refractivity (Wildman–Crippen MR) is 51.5 cm³/mol. The molecule has 0 unspecified atom stereocenters. The molecule has 4 heteroatoms. The van der Waals surface area contributed by atoms with E-state index in [1.54, 1.807) is 13.8 Å². The van der Waals surface area contributed by atoms with Crippen molar-refractivity contribution in [1.82, 2.24) is 0 Å². The van der Waals surface area contributed by atoms with Crippen LogP contribution in [0, 0.1) is 11.6 Å². The van der Waals surface area contributed by atoms with Crippen LogP contribution in [0.3, 0.4) is 0 Å². The largest absolute Gasteiger partial charge is 0.395 e. The minimum atomic E-state index is -0.973. The first-order valence-electron chi connectivity index (χ1n) is 4.15. The van der Waals surface area contributed by atoms with Gasteiger partial charge in [-0.1, -0.05) is 25.4 Å². The second-order valence-electron chi connectivity index (χ2n) is 3.76. The topological polar surface area (TPSA) is 20.2 Å². The van der Waals surface area contributed by atoms with Gasteiger partial charge < -0.3 is 5.11 Å². The summed E-state index contributed by atoms with van der Waals surface area (Å²) in [5, 5.41) is 8.87. The first-order valence-corrected chi connectivity index (χ1v) is 4.53. The maximum Gasteiger partial charge on any atom is 0.148 e. The van der Waals surface area contributed by atoms with E-state index in [9.17, 15) is 8.78 Å². The second kappa shape index (κ2) is 3.83. The number of hydrogen-bond donors (Lipinski definition) is 1. The highest BCUT2D eigenvalue weighted by Gasteiger charge is 2.28. The fourth-order valence-corrected chi connectivity index (χ4v) is 1.38. The summed E-state index contributed by atoms with van der Waals surface area (Å²) in [6.07, 6.45) is 0. The zero-order valence-corrected chi connectivity index (χ0v) is 8.70. The smallest absolute Gasteiger partial charge is 0.148 e. The molecule has 0 amide bonds. The van der Waals surface area contributed by atoms with Crippen molar-refractivity contribution < 1.29 is 13.9 Å².